The maximum absolute atomic E-state index is 5.58. The molecule has 0 saturated carbocycles. The van der Waals surface area contributed by atoms with Crippen LogP contribution in [0.1, 0.15) is 5.56 Å². The molecule has 0 aliphatic heterocycles. The SMILES string of the molecule is COc1ccc(N=C(Cc2ccccc2N(C)C)Nc2ccc(OC)cc2OC)c(OC)c1. The summed E-state index contributed by atoms with van der Waals surface area (Å²) in [6.07, 6.45) is 0.568. The molecule has 0 aromatic heterocycles. The summed E-state index contributed by atoms with van der Waals surface area (Å²) in [7, 11) is 10.6. The van der Waals surface area contributed by atoms with Crippen LogP contribution in [0.3, 0.4) is 0 Å². The molecule has 0 saturated heterocycles. The molecule has 0 unspecified atom stereocenters. The second kappa shape index (κ2) is 11.1. The monoisotopic (exact) mass is 449 g/mol. The van der Waals surface area contributed by atoms with Gasteiger partial charge in [-0.05, 0) is 35.9 Å². The van der Waals surface area contributed by atoms with Gasteiger partial charge in [-0.15, -0.1) is 0 Å². The average molecular weight is 450 g/mol. The summed E-state index contributed by atoms with van der Waals surface area (Å²) in [5.41, 5.74) is 3.73. The highest BCUT2D eigenvalue weighted by atomic mass is 16.5. The van der Waals surface area contributed by atoms with E-state index in [0.29, 0.717) is 35.1 Å². The first-order chi connectivity index (χ1) is 16.0. The minimum Gasteiger partial charge on any atom is -0.497 e. The molecule has 0 spiro atoms. The molecule has 0 aliphatic carbocycles. The fourth-order valence-corrected chi connectivity index (χ4v) is 3.47. The van der Waals surface area contributed by atoms with E-state index in [2.05, 4.69) is 22.3 Å². The quantitative estimate of drug-likeness (QED) is 0.359. The smallest absolute Gasteiger partial charge is 0.148 e. The lowest BCUT2D eigenvalue weighted by atomic mass is 10.1. The summed E-state index contributed by atoms with van der Waals surface area (Å²) in [6.45, 7) is 0. The number of hydrogen-bond acceptors (Lipinski definition) is 6. The lowest BCUT2D eigenvalue weighted by Gasteiger charge is -2.19. The molecule has 174 valence electrons. The first kappa shape index (κ1) is 23.8. The summed E-state index contributed by atoms with van der Waals surface area (Å²) in [6, 6.07) is 19.4. The van der Waals surface area contributed by atoms with Gasteiger partial charge in [-0.2, -0.15) is 0 Å². The van der Waals surface area contributed by atoms with Gasteiger partial charge in [0.2, 0.25) is 0 Å². The van der Waals surface area contributed by atoms with Crippen molar-refractivity contribution in [3.8, 4) is 23.0 Å². The zero-order valence-corrected chi connectivity index (χ0v) is 20.0. The van der Waals surface area contributed by atoms with Gasteiger partial charge in [-0.25, -0.2) is 4.99 Å². The van der Waals surface area contributed by atoms with E-state index in [1.807, 2.05) is 62.6 Å². The van der Waals surface area contributed by atoms with Gasteiger partial charge in [0.1, 0.15) is 34.5 Å². The van der Waals surface area contributed by atoms with E-state index in [0.717, 1.165) is 22.8 Å². The van der Waals surface area contributed by atoms with E-state index in [-0.39, 0.29) is 0 Å². The number of anilines is 2. The van der Waals surface area contributed by atoms with Crippen molar-refractivity contribution >= 4 is 22.9 Å². The zero-order valence-electron chi connectivity index (χ0n) is 20.0. The topological polar surface area (TPSA) is 64.6 Å². The molecule has 33 heavy (non-hydrogen) atoms. The van der Waals surface area contributed by atoms with Crippen LogP contribution in [0, 0.1) is 0 Å². The number of amidine groups is 1. The normalized spacial score (nSPS) is 11.0. The zero-order chi connectivity index (χ0) is 23.8. The van der Waals surface area contributed by atoms with E-state index < -0.39 is 0 Å². The molecule has 1 N–H and O–H groups in total. The van der Waals surface area contributed by atoms with Crippen LogP contribution in [0.4, 0.5) is 17.1 Å². The van der Waals surface area contributed by atoms with Crippen molar-refractivity contribution in [2.45, 2.75) is 6.42 Å². The van der Waals surface area contributed by atoms with Crippen LogP contribution < -0.4 is 29.2 Å². The Morgan fingerprint density at radius 1 is 0.788 bits per heavy atom. The Labute approximate surface area is 195 Å². The number of para-hydroxylation sites is 1. The van der Waals surface area contributed by atoms with Crippen LogP contribution in [0.15, 0.2) is 65.7 Å². The first-order valence-corrected chi connectivity index (χ1v) is 10.5. The maximum Gasteiger partial charge on any atom is 0.148 e. The standard InChI is InChI=1S/C26H31N3O4/c1-29(2)23-10-8-7-9-18(23)15-26(27-21-13-11-19(30-3)16-24(21)32-5)28-22-14-12-20(31-4)17-25(22)33-6/h7-14,16-17H,15H2,1-6H3,(H,27,28). The van der Waals surface area contributed by atoms with Crippen LogP contribution in [0.5, 0.6) is 23.0 Å². The molecule has 3 aromatic rings. The number of ether oxygens (including phenoxy) is 4. The van der Waals surface area contributed by atoms with Crippen LogP contribution in [0.2, 0.25) is 0 Å². The predicted molar refractivity (Wildman–Crippen MR) is 134 cm³/mol. The van der Waals surface area contributed by atoms with Gasteiger partial charge >= 0.3 is 0 Å². The summed E-state index contributed by atoms with van der Waals surface area (Å²) >= 11 is 0. The van der Waals surface area contributed by atoms with E-state index >= 15 is 0 Å². The van der Waals surface area contributed by atoms with Gasteiger partial charge in [0, 0.05) is 38.3 Å². The van der Waals surface area contributed by atoms with Crippen molar-refractivity contribution in [3.63, 3.8) is 0 Å². The van der Waals surface area contributed by atoms with Crippen LogP contribution in [0.25, 0.3) is 0 Å². The molecule has 3 aromatic carbocycles. The third kappa shape index (κ3) is 5.88. The summed E-state index contributed by atoms with van der Waals surface area (Å²) in [5, 5.41) is 3.46. The molecule has 7 heteroatoms. The lowest BCUT2D eigenvalue weighted by Crippen LogP contribution is -2.18. The maximum atomic E-state index is 5.58. The Kier molecular flexibility index (Phi) is 8.02. The highest BCUT2D eigenvalue weighted by Crippen LogP contribution is 2.34. The van der Waals surface area contributed by atoms with E-state index in [1.165, 1.54) is 0 Å². The minimum absolute atomic E-state index is 0.568. The second-order valence-corrected chi connectivity index (χ2v) is 7.49. The van der Waals surface area contributed by atoms with Crippen molar-refractivity contribution in [3.05, 3.63) is 66.2 Å². The van der Waals surface area contributed by atoms with Crippen molar-refractivity contribution in [2.24, 2.45) is 4.99 Å². The van der Waals surface area contributed by atoms with Crippen LogP contribution in [-0.2, 0) is 6.42 Å². The van der Waals surface area contributed by atoms with Crippen LogP contribution >= 0.6 is 0 Å². The Balaban J connectivity index is 2.07. The molecule has 0 atom stereocenters. The first-order valence-electron chi connectivity index (χ1n) is 10.5. The highest BCUT2D eigenvalue weighted by molar-refractivity contribution is 6.00. The van der Waals surface area contributed by atoms with Gasteiger partial charge in [-0.1, -0.05) is 18.2 Å². The fraction of sp³-hybridized carbons (Fsp3) is 0.269. The molecule has 7 nitrogen and oxygen atoms in total. The molecular weight excluding hydrogens is 418 g/mol. The van der Waals surface area contributed by atoms with Gasteiger partial charge in [0.15, 0.2) is 0 Å². The Morgan fingerprint density at radius 2 is 1.42 bits per heavy atom. The van der Waals surface area contributed by atoms with Crippen LogP contribution in [-0.4, -0.2) is 48.4 Å². The van der Waals surface area contributed by atoms with Crippen molar-refractivity contribution < 1.29 is 18.9 Å². The van der Waals surface area contributed by atoms with Gasteiger partial charge in [-0.3, -0.25) is 0 Å². The second-order valence-electron chi connectivity index (χ2n) is 7.49. The third-order valence-electron chi connectivity index (χ3n) is 5.16. The molecule has 0 aliphatic rings. The minimum atomic E-state index is 0.568. The summed E-state index contributed by atoms with van der Waals surface area (Å²) < 4.78 is 21.8. The Morgan fingerprint density at radius 3 is 2.06 bits per heavy atom. The highest BCUT2D eigenvalue weighted by Gasteiger charge is 2.13. The molecular formula is C26H31N3O4. The number of rotatable bonds is 9. The number of nitrogens with zero attached hydrogens (tertiary/aromatic N) is 2. The number of nitrogens with one attached hydrogen (secondary N) is 1. The van der Waals surface area contributed by atoms with E-state index in [1.54, 1.807) is 28.4 Å². The molecule has 0 radical (unpaired) electrons. The molecule has 0 heterocycles. The molecule has 0 bridgehead atoms. The number of methoxy groups -OCH3 is 4. The van der Waals surface area contributed by atoms with Gasteiger partial charge in [0.05, 0.1) is 34.1 Å². The Hall–Kier alpha value is -3.87. The van der Waals surface area contributed by atoms with Crippen molar-refractivity contribution in [2.75, 3.05) is 52.8 Å². The molecule has 0 amide bonds. The molecule has 0 fully saturated rings. The lowest BCUT2D eigenvalue weighted by molar-refractivity contribution is 0.395. The number of aliphatic imine (C=N–C) groups is 1. The average Bonchev–Trinajstić information content (AvgIpc) is 2.84. The van der Waals surface area contributed by atoms with E-state index in [4.69, 9.17) is 23.9 Å². The number of benzene rings is 3. The van der Waals surface area contributed by atoms with E-state index in [9.17, 15) is 0 Å². The predicted octanol–water partition coefficient (Wildman–Crippen LogP) is 5.17. The fourth-order valence-electron chi connectivity index (χ4n) is 3.47. The number of hydrogen-bond donors (Lipinski definition) is 1. The summed E-state index contributed by atoms with van der Waals surface area (Å²) in [4.78, 5) is 7.03. The van der Waals surface area contributed by atoms with Crippen molar-refractivity contribution in [1.82, 2.24) is 0 Å². The van der Waals surface area contributed by atoms with Gasteiger partial charge in [0.25, 0.3) is 0 Å². The van der Waals surface area contributed by atoms with Crippen molar-refractivity contribution in [1.29, 1.82) is 0 Å². The Bertz CT molecular complexity index is 1110. The summed E-state index contributed by atoms with van der Waals surface area (Å²) in [5.74, 6) is 3.43. The van der Waals surface area contributed by atoms with Gasteiger partial charge < -0.3 is 29.2 Å². The largest absolute Gasteiger partial charge is 0.497 e. The third-order valence-corrected chi connectivity index (χ3v) is 5.16. The molecule has 3 rings (SSSR count).